The first-order valence-corrected chi connectivity index (χ1v) is 9.90. The highest BCUT2D eigenvalue weighted by Crippen LogP contribution is 2.34. The van der Waals surface area contributed by atoms with Crippen molar-refractivity contribution in [3.05, 3.63) is 72.4 Å². The second kappa shape index (κ2) is 7.08. The van der Waals surface area contributed by atoms with E-state index in [4.69, 9.17) is 4.98 Å². The Morgan fingerprint density at radius 2 is 1.96 bits per heavy atom. The molecule has 0 saturated heterocycles. The number of rotatable bonds is 4. The molecule has 28 heavy (non-hydrogen) atoms. The Hall–Kier alpha value is -3.21. The number of para-hydroxylation sites is 1. The fraction of sp³-hybridized carbons (Fsp3) is 0.261. The summed E-state index contributed by atoms with van der Waals surface area (Å²) in [4.78, 5) is 19.6. The van der Waals surface area contributed by atoms with E-state index in [1.165, 1.54) is 11.3 Å². The highest BCUT2D eigenvalue weighted by molar-refractivity contribution is 5.78. The van der Waals surface area contributed by atoms with Gasteiger partial charge in [0, 0.05) is 48.8 Å². The van der Waals surface area contributed by atoms with Gasteiger partial charge in [0.1, 0.15) is 5.82 Å². The van der Waals surface area contributed by atoms with Crippen LogP contribution in [0.2, 0.25) is 0 Å². The van der Waals surface area contributed by atoms with Crippen molar-refractivity contribution >= 4 is 16.9 Å². The Morgan fingerprint density at radius 3 is 2.82 bits per heavy atom. The first-order chi connectivity index (χ1) is 13.8. The van der Waals surface area contributed by atoms with Crippen LogP contribution in [-0.2, 0) is 6.42 Å². The van der Waals surface area contributed by atoms with E-state index in [-0.39, 0.29) is 0 Å². The molecule has 140 valence electrons. The van der Waals surface area contributed by atoms with Crippen molar-refractivity contribution in [3.8, 4) is 11.1 Å². The largest absolute Gasteiger partial charge is 0.371 e. The number of H-pyrrole nitrogens is 1. The number of hydrogen-bond donors (Lipinski definition) is 1. The van der Waals surface area contributed by atoms with Gasteiger partial charge in [-0.05, 0) is 48.2 Å². The molecule has 0 aliphatic carbocycles. The first kappa shape index (κ1) is 16.9. The van der Waals surface area contributed by atoms with Crippen molar-refractivity contribution in [2.45, 2.75) is 25.7 Å². The summed E-state index contributed by atoms with van der Waals surface area (Å²) in [6.07, 6.45) is 7.65. The lowest BCUT2D eigenvalue weighted by molar-refractivity contribution is 0.583. The minimum atomic E-state index is 0.347. The summed E-state index contributed by atoms with van der Waals surface area (Å²) in [5.41, 5.74) is 6.74. The van der Waals surface area contributed by atoms with E-state index < -0.39 is 0 Å². The Balaban J connectivity index is 1.49. The molecule has 1 aliphatic rings. The molecule has 1 aromatic carbocycles. The summed E-state index contributed by atoms with van der Waals surface area (Å²) in [7, 11) is 0. The van der Waals surface area contributed by atoms with Crippen molar-refractivity contribution in [1.82, 2.24) is 19.9 Å². The van der Waals surface area contributed by atoms with Crippen LogP contribution in [0.3, 0.4) is 0 Å². The number of benzene rings is 1. The van der Waals surface area contributed by atoms with Crippen molar-refractivity contribution in [3.63, 3.8) is 0 Å². The van der Waals surface area contributed by atoms with Gasteiger partial charge in [0.25, 0.3) is 0 Å². The van der Waals surface area contributed by atoms with Gasteiger partial charge in [-0.1, -0.05) is 25.1 Å². The maximum absolute atomic E-state index is 4.83. The molecule has 3 aromatic heterocycles. The highest BCUT2D eigenvalue weighted by atomic mass is 15.1. The van der Waals surface area contributed by atoms with E-state index in [9.17, 15) is 0 Å². The molecular formula is C23H23N5. The fourth-order valence-electron chi connectivity index (χ4n) is 4.17. The number of nitrogens with one attached hydrogen (secondary N) is 1. The van der Waals surface area contributed by atoms with Gasteiger partial charge in [-0.3, -0.25) is 4.98 Å². The smallest absolute Gasteiger partial charge is 0.177 e. The number of fused-ring (bicyclic) bond motifs is 2. The van der Waals surface area contributed by atoms with Crippen LogP contribution in [0.15, 0.2) is 61.1 Å². The summed E-state index contributed by atoms with van der Waals surface area (Å²) in [5.74, 6) is 1.38. The lowest BCUT2D eigenvalue weighted by Gasteiger charge is -2.35. The summed E-state index contributed by atoms with van der Waals surface area (Å²) in [6, 6.07) is 14.9. The van der Waals surface area contributed by atoms with Gasteiger partial charge in [0.15, 0.2) is 5.65 Å². The molecule has 0 amide bonds. The second-order valence-corrected chi connectivity index (χ2v) is 7.43. The van der Waals surface area contributed by atoms with Crippen LogP contribution in [0.1, 0.15) is 30.7 Å². The van der Waals surface area contributed by atoms with Gasteiger partial charge < -0.3 is 9.88 Å². The number of nitrogens with zero attached hydrogens (tertiary/aromatic N) is 4. The molecule has 0 fully saturated rings. The minimum absolute atomic E-state index is 0.347. The third-order valence-electron chi connectivity index (χ3n) is 5.49. The molecule has 5 heteroatoms. The summed E-state index contributed by atoms with van der Waals surface area (Å²) in [5, 5.41) is 0. The number of hydrogen-bond acceptors (Lipinski definition) is 4. The van der Waals surface area contributed by atoms with E-state index >= 15 is 0 Å². The molecule has 4 aromatic rings. The molecule has 1 N–H and O–H groups in total. The topological polar surface area (TPSA) is 57.7 Å². The van der Waals surface area contributed by atoms with Crippen LogP contribution < -0.4 is 4.90 Å². The van der Waals surface area contributed by atoms with Gasteiger partial charge in [-0.25, -0.2) is 9.97 Å². The zero-order valence-corrected chi connectivity index (χ0v) is 16.0. The second-order valence-electron chi connectivity index (χ2n) is 7.43. The van der Waals surface area contributed by atoms with E-state index in [1.54, 1.807) is 12.4 Å². The van der Waals surface area contributed by atoms with Crippen molar-refractivity contribution in [2.24, 2.45) is 0 Å². The van der Waals surface area contributed by atoms with E-state index in [2.05, 4.69) is 57.1 Å². The van der Waals surface area contributed by atoms with E-state index in [1.807, 2.05) is 18.3 Å². The predicted octanol–water partition coefficient (Wildman–Crippen LogP) is 4.58. The number of aromatic nitrogens is 4. The normalized spacial score (nSPS) is 16.3. The van der Waals surface area contributed by atoms with E-state index in [0.29, 0.717) is 5.92 Å². The molecule has 0 bridgehead atoms. The van der Waals surface area contributed by atoms with Crippen molar-refractivity contribution < 1.29 is 0 Å². The SMILES string of the molecule is CCCN1CC(c2nc3ncc(-c4ccncc4)cc3[nH]2)Cc2ccccc21. The molecule has 1 atom stereocenters. The monoisotopic (exact) mass is 369 g/mol. The average molecular weight is 369 g/mol. The fourth-order valence-corrected chi connectivity index (χ4v) is 4.17. The highest BCUT2D eigenvalue weighted by Gasteiger charge is 2.27. The van der Waals surface area contributed by atoms with Crippen LogP contribution in [0.25, 0.3) is 22.3 Å². The van der Waals surface area contributed by atoms with Crippen LogP contribution in [0.5, 0.6) is 0 Å². The zero-order chi connectivity index (χ0) is 18.9. The average Bonchev–Trinajstić information content (AvgIpc) is 3.18. The molecule has 0 saturated carbocycles. The molecule has 0 spiro atoms. The molecule has 5 rings (SSSR count). The van der Waals surface area contributed by atoms with Gasteiger partial charge in [-0.15, -0.1) is 0 Å². The van der Waals surface area contributed by atoms with Crippen molar-refractivity contribution in [1.29, 1.82) is 0 Å². The van der Waals surface area contributed by atoms with Crippen LogP contribution in [0, 0.1) is 0 Å². The molecule has 0 radical (unpaired) electrons. The Kier molecular flexibility index (Phi) is 4.28. The van der Waals surface area contributed by atoms with E-state index in [0.717, 1.165) is 54.0 Å². The molecule has 1 unspecified atom stereocenters. The number of anilines is 1. The number of imidazole rings is 1. The number of aromatic amines is 1. The third kappa shape index (κ3) is 3.03. The molecule has 5 nitrogen and oxygen atoms in total. The zero-order valence-electron chi connectivity index (χ0n) is 16.0. The Labute approximate surface area is 164 Å². The van der Waals surface area contributed by atoms with Crippen LogP contribution in [-0.4, -0.2) is 33.0 Å². The molecule has 4 heterocycles. The summed E-state index contributed by atoms with van der Waals surface area (Å²) in [6.45, 7) is 4.29. The quantitative estimate of drug-likeness (QED) is 0.572. The van der Waals surface area contributed by atoms with Gasteiger partial charge in [-0.2, -0.15) is 0 Å². The Bertz CT molecular complexity index is 1100. The minimum Gasteiger partial charge on any atom is -0.371 e. The lowest BCUT2D eigenvalue weighted by Crippen LogP contribution is -2.35. The van der Waals surface area contributed by atoms with Gasteiger partial charge >= 0.3 is 0 Å². The van der Waals surface area contributed by atoms with Crippen molar-refractivity contribution in [2.75, 3.05) is 18.0 Å². The van der Waals surface area contributed by atoms with Gasteiger partial charge in [0.2, 0.25) is 0 Å². The summed E-state index contributed by atoms with van der Waals surface area (Å²) < 4.78 is 0. The molecule has 1 aliphatic heterocycles. The summed E-state index contributed by atoms with van der Waals surface area (Å²) >= 11 is 0. The standard InChI is InChI=1S/C23H23N5/c1-2-11-28-15-19(12-17-5-3-4-6-21(17)28)22-26-20-13-18(14-25-23(20)27-22)16-7-9-24-10-8-16/h3-10,13-14,19H,2,11-12,15H2,1H3,(H,25,26,27). The third-order valence-corrected chi connectivity index (χ3v) is 5.49. The predicted molar refractivity (Wildman–Crippen MR) is 113 cm³/mol. The maximum atomic E-state index is 4.83. The maximum Gasteiger partial charge on any atom is 0.177 e. The van der Waals surface area contributed by atoms with Gasteiger partial charge in [0.05, 0.1) is 5.52 Å². The van der Waals surface area contributed by atoms with Crippen LogP contribution >= 0.6 is 0 Å². The Morgan fingerprint density at radius 1 is 1.11 bits per heavy atom. The number of pyridine rings is 2. The van der Waals surface area contributed by atoms with Crippen LogP contribution in [0.4, 0.5) is 5.69 Å². The molecular weight excluding hydrogens is 346 g/mol. The first-order valence-electron chi connectivity index (χ1n) is 9.90. The lowest BCUT2D eigenvalue weighted by atomic mass is 9.92.